The number of esters is 1. The maximum atomic E-state index is 13.0. The van der Waals surface area contributed by atoms with Crippen molar-refractivity contribution in [2.45, 2.75) is 19.3 Å². The second-order valence-electron chi connectivity index (χ2n) is 8.41. The molecule has 2 saturated heterocycles. The molecule has 0 N–H and O–H groups in total. The number of amides is 2. The van der Waals surface area contributed by atoms with Crippen LogP contribution in [0.1, 0.15) is 50.5 Å². The van der Waals surface area contributed by atoms with Crippen LogP contribution in [0.3, 0.4) is 0 Å². The largest absolute Gasteiger partial charge is 0.481 e. The average Bonchev–Trinajstić information content (AvgIpc) is 3.26. The van der Waals surface area contributed by atoms with Gasteiger partial charge in [-0.25, -0.2) is 9.78 Å². The quantitative estimate of drug-likeness (QED) is 0.498. The summed E-state index contributed by atoms with van der Waals surface area (Å²) in [6.07, 6.45) is 3.87. The van der Waals surface area contributed by atoms with Crippen LogP contribution in [-0.2, 0) is 4.74 Å². The van der Waals surface area contributed by atoms with E-state index in [1.54, 1.807) is 24.3 Å². The predicted octanol–water partition coefficient (Wildman–Crippen LogP) is 2.69. The molecule has 0 bridgehead atoms. The van der Waals surface area contributed by atoms with Crippen molar-refractivity contribution >= 4 is 29.4 Å². The van der Waals surface area contributed by atoms with Crippen molar-refractivity contribution in [2.24, 2.45) is 5.41 Å². The van der Waals surface area contributed by atoms with Crippen LogP contribution in [0.25, 0.3) is 0 Å². The van der Waals surface area contributed by atoms with Crippen LogP contribution in [0.5, 0.6) is 5.88 Å². The highest BCUT2D eigenvalue weighted by molar-refractivity contribution is 6.29. The molecule has 0 atom stereocenters. The normalized spacial score (nSPS) is 17.2. The fourth-order valence-electron chi connectivity index (χ4n) is 4.51. The summed E-state index contributed by atoms with van der Waals surface area (Å²) in [5, 5.41) is 0.212. The molecule has 2 aromatic rings. The van der Waals surface area contributed by atoms with Gasteiger partial charge in [-0.15, -0.1) is 0 Å². The Labute approximate surface area is 196 Å². The number of ether oxygens (including phenoxy) is 2. The first kappa shape index (κ1) is 23.0. The fourth-order valence-corrected chi connectivity index (χ4v) is 4.71. The molecular formula is C23H25ClN4O5. The summed E-state index contributed by atoms with van der Waals surface area (Å²) >= 11 is 6.01. The number of carbonyl (C=O) groups excluding carboxylic acids is 3. The van der Waals surface area contributed by atoms with Gasteiger partial charge in [0, 0.05) is 44.0 Å². The lowest BCUT2D eigenvalue weighted by Crippen LogP contribution is -2.44. The Morgan fingerprint density at radius 2 is 1.67 bits per heavy atom. The third-order valence-corrected chi connectivity index (χ3v) is 6.66. The Morgan fingerprint density at radius 1 is 0.970 bits per heavy atom. The van der Waals surface area contributed by atoms with E-state index < -0.39 is 5.97 Å². The van der Waals surface area contributed by atoms with Gasteiger partial charge >= 0.3 is 5.97 Å². The van der Waals surface area contributed by atoms with Gasteiger partial charge in [0.1, 0.15) is 10.8 Å². The maximum Gasteiger partial charge on any atom is 0.339 e. The summed E-state index contributed by atoms with van der Waals surface area (Å²) < 4.78 is 9.78. The van der Waals surface area contributed by atoms with Crippen LogP contribution in [-0.4, -0.2) is 78.0 Å². The first-order valence-corrected chi connectivity index (χ1v) is 11.1. The molecule has 2 fully saturated rings. The van der Waals surface area contributed by atoms with Crippen molar-refractivity contribution < 1.29 is 23.9 Å². The van der Waals surface area contributed by atoms with Gasteiger partial charge in [-0.2, -0.15) is 0 Å². The Bertz CT molecular complexity index is 1070. The number of carbonyl (C=O) groups is 3. The molecule has 4 heterocycles. The zero-order valence-electron chi connectivity index (χ0n) is 18.5. The van der Waals surface area contributed by atoms with Gasteiger partial charge < -0.3 is 19.3 Å². The summed E-state index contributed by atoms with van der Waals surface area (Å²) in [5.74, 6) is -0.443. The van der Waals surface area contributed by atoms with E-state index in [0.717, 1.165) is 19.3 Å². The molecule has 0 saturated carbocycles. The van der Waals surface area contributed by atoms with Crippen molar-refractivity contribution in [1.82, 2.24) is 19.8 Å². The van der Waals surface area contributed by atoms with Crippen LogP contribution < -0.4 is 4.74 Å². The van der Waals surface area contributed by atoms with E-state index in [-0.39, 0.29) is 22.4 Å². The molecule has 2 aromatic heterocycles. The first-order valence-electron chi connectivity index (χ1n) is 10.7. The minimum absolute atomic E-state index is 0.00796. The molecule has 0 unspecified atom stereocenters. The van der Waals surface area contributed by atoms with Crippen LogP contribution in [0.2, 0.25) is 5.15 Å². The number of hydrogen-bond donors (Lipinski definition) is 0. The predicted molar refractivity (Wildman–Crippen MR) is 119 cm³/mol. The molecule has 33 heavy (non-hydrogen) atoms. The van der Waals surface area contributed by atoms with Crippen LogP contribution >= 0.6 is 11.6 Å². The third-order valence-electron chi connectivity index (χ3n) is 6.47. The van der Waals surface area contributed by atoms with Gasteiger partial charge in [0.25, 0.3) is 11.8 Å². The number of methoxy groups -OCH3 is 2. The molecule has 4 rings (SSSR count). The van der Waals surface area contributed by atoms with Gasteiger partial charge in [0.2, 0.25) is 5.88 Å². The standard InChI is InChI=1S/C23H25ClN4O5/c1-32-19-12-16(11-18(24)26-19)20(29)27-8-5-23(6-9-27)7-10-28(14-23)21(30)17-4-3-15(13-25-17)22(31)33-2/h3-4,11-13H,5-10,14H2,1-2H3. The second-order valence-corrected chi connectivity index (χ2v) is 8.80. The number of nitrogens with zero attached hydrogens (tertiary/aromatic N) is 4. The lowest BCUT2D eigenvalue weighted by Gasteiger charge is -2.39. The molecule has 10 heteroatoms. The molecule has 1 spiro atoms. The third kappa shape index (κ3) is 4.78. The number of piperidine rings is 1. The summed E-state index contributed by atoms with van der Waals surface area (Å²) in [6.45, 7) is 2.48. The molecule has 0 aliphatic carbocycles. The van der Waals surface area contributed by atoms with Gasteiger partial charge in [-0.1, -0.05) is 11.6 Å². The topological polar surface area (TPSA) is 102 Å². The highest BCUT2D eigenvalue weighted by Gasteiger charge is 2.43. The lowest BCUT2D eigenvalue weighted by molar-refractivity contribution is 0.0564. The molecule has 2 aliphatic heterocycles. The molecule has 2 aliphatic rings. The Hall–Kier alpha value is -3.20. The van der Waals surface area contributed by atoms with E-state index in [2.05, 4.69) is 14.7 Å². The second kappa shape index (κ2) is 9.35. The molecular weight excluding hydrogens is 448 g/mol. The molecule has 174 valence electrons. The smallest absolute Gasteiger partial charge is 0.339 e. The summed E-state index contributed by atoms with van der Waals surface area (Å²) in [7, 11) is 2.78. The number of likely N-dealkylation sites (tertiary alicyclic amines) is 2. The van der Waals surface area contributed by atoms with Crippen LogP contribution in [0, 0.1) is 5.41 Å². The summed E-state index contributed by atoms with van der Waals surface area (Å²) in [6, 6.07) is 6.23. The summed E-state index contributed by atoms with van der Waals surface area (Å²) in [5.41, 5.74) is 1.05. The summed E-state index contributed by atoms with van der Waals surface area (Å²) in [4.78, 5) is 49.2. The SMILES string of the molecule is COC(=O)c1ccc(C(=O)N2CCC3(CCN(C(=O)c4cc(Cl)nc(OC)c4)CC3)C2)nc1. The Balaban J connectivity index is 1.37. The van der Waals surface area contributed by atoms with Crippen LogP contribution in [0.4, 0.5) is 0 Å². The highest BCUT2D eigenvalue weighted by Crippen LogP contribution is 2.41. The lowest BCUT2D eigenvalue weighted by atomic mass is 9.77. The van der Waals surface area contributed by atoms with E-state index in [9.17, 15) is 14.4 Å². The van der Waals surface area contributed by atoms with Crippen molar-refractivity contribution in [3.8, 4) is 5.88 Å². The Morgan fingerprint density at radius 3 is 2.27 bits per heavy atom. The minimum atomic E-state index is -0.490. The van der Waals surface area contributed by atoms with Gasteiger partial charge in [-0.05, 0) is 42.9 Å². The number of halogens is 1. The maximum absolute atomic E-state index is 13.0. The number of hydrogen-bond acceptors (Lipinski definition) is 7. The average molecular weight is 473 g/mol. The number of rotatable bonds is 4. The van der Waals surface area contributed by atoms with E-state index in [1.165, 1.54) is 20.4 Å². The van der Waals surface area contributed by atoms with Crippen molar-refractivity contribution in [2.75, 3.05) is 40.4 Å². The zero-order chi connectivity index (χ0) is 23.6. The van der Waals surface area contributed by atoms with E-state index in [0.29, 0.717) is 48.9 Å². The van der Waals surface area contributed by atoms with E-state index in [4.69, 9.17) is 16.3 Å². The van der Waals surface area contributed by atoms with Crippen molar-refractivity contribution in [1.29, 1.82) is 0 Å². The number of pyridine rings is 2. The van der Waals surface area contributed by atoms with Crippen molar-refractivity contribution in [3.63, 3.8) is 0 Å². The zero-order valence-corrected chi connectivity index (χ0v) is 19.3. The van der Waals surface area contributed by atoms with Crippen LogP contribution in [0.15, 0.2) is 30.5 Å². The number of aromatic nitrogens is 2. The molecule has 0 aromatic carbocycles. The molecule has 2 amide bonds. The molecule has 0 radical (unpaired) electrons. The monoisotopic (exact) mass is 472 g/mol. The van der Waals surface area contributed by atoms with Gasteiger partial charge in [0.05, 0.1) is 19.8 Å². The van der Waals surface area contributed by atoms with Gasteiger partial charge in [0.15, 0.2) is 0 Å². The Kier molecular flexibility index (Phi) is 6.51. The highest BCUT2D eigenvalue weighted by atomic mass is 35.5. The fraction of sp³-hybridized carbons (Fsp3) is 0.435. The molecule has 9 nitrogen and oxygen atoms in total. The van der Waals surface area contributed by atoms with Gasteiger partial charge in [-0.3, -0.25) is 14.6 Å². The minimum Gasteiger partial charge on any atom is -0.481 e. The van der Waals surface area contributed by atoms with Crippen molar-refractivity contribution in [3.05, 3.63) is 52.4 Å². The van der Waals surface area contributed by atoms with E-state index >= 15 is 0 Å². The first-order chi connectivity index (χ1) is 15.8. The van der Waals surface area contributed by atoms with E-state index in [1.807, 2.05) is 9.80 Å².